The topological polar surface area (TPSA) is 21.3 Å². The highest BCUT2D eigenvalue weighted by atomic mass is 16.5. The predicted octanol–water partition coefficient (Wildman–Crippen LogP) is 4.32. The van der Waals surface area contributed by atoms with Gasteiger partial charge in [-0.2, -0.15) is 0 Å². The maximum absolute atomic E-state index is 5.76. The zero-order valence-electron chi connectivity index (χ0n) is 11.8. The van der Waals surface area contributed by atoms with E-state index in [0.717, 1.165) is 18.3 Å². The Morgan fingerprint density at radius 1 is 1.33 bits per heavy atom. The third-order valence-electron chi connectivity index (χ3n) is 3.40. The van der Waals surface area contributed by atoms with E-state index in [1.807, 2.05) is 6.07 Å². The van der Waals surface area contributed by atoms with E-state index in [9.17, 15) is 0 Å². The van der Waals surface area contributed by atoms with E-state index in [2.05, 4.69) is 44.3 Å². The van der Waals surface area contributed by atoms with Crippen LogP contribution < -0.4 is 10.1 Å². The van der Waals surface area contributed by atoms with Crippen LogP contribution in [0.15, 0.2) is 24.3 Å². The van der Waals surface area contributed by atoms with Crippen LogP contribution in [-0.4, -0.2) is 12.6 Å². The fourth-order valence-corrected chi connectivity index (χ4v) is 2.20. The maximum Gasteiger partial charge on any atom is 0.121 e. The van der Waals surface area contributed by atoms with E-state index >= 15 is 0 Å². The third-order valence-corrected chi connectivity index (χ3v) is 3.40. The van der Waals surface area contributed by atoms with Gasteiger partial charge >= 0.3 is 0 Å². The van der Waals surface area contributed by atoms with Crippen LogP contribution in [0.25, 0.3) is 0 Å². The highest BCUT2D eigenvalue weighted by Gasteiger charge is 2.29. The van der Waals surface area contributed by atoms with Gasteiger partial charge in [-0.25, -0.2) is 0 Å². The Morgan fingerprint density at radius 2 is 2.11 bits per heavy atom. The first kappa shape index (κ1) is 13.3. The van der Waals surface area contributed by atoms with E-state index in [4.69, 9.17) is 4.74 Å². The molecule has 1 aromatic rings. The average molecular weight is 247 g/mol. The van der Waals surface area contributed by atoms with Gasteiger partial charge in [0.2, 0.25) is 0 Å². The summed E-state index contributed by atoms with van der Waals surface area (Å²) in [5.41, 5.74) is 1.19. The number of ether oxygens (including phenoxy) is 1. The van der Waals surface area contributed by atoms with Gasteiger partial charge in [-0.15, -0.1) is 0 Å². The Bertz CT molecular complexity index is 371. The molecule has 1 aliphatic rings. The number of benzene rings is 1. The minimum absolute atomic E-state index is 0.566. The molecule has 1 saturated carbocycles. The Hall–Kier alpha value is -1.18. The van der Waals surface area contributed by atoms with Crippen molar-refractivity contribution in [1.82, 2.24) is 0 Å². The largest absolute Gasteiger partial charge is 0.493 e. The molecule has 1 aliphatic carbocycles. The van der Waals surface area contributed by atoms with Crippen molar-refractivity contribution in [3.05, 3.63) is 24.3 Å². The summed E-state index contributed by atoms with van der Waals surface area (Å²) in [5.74, 6) is 2.42. The van der Waals surface area contributed by atoms with E-state index < -0.39 is 0 Å². The zero-order chi connectivity index (χ0) is 13.0. The van der Waals surface area contributed by atoms with E-state index in [0.29, 0.717) is 12.0 Å². The number of hydrogen-bond donors (Lipinski definition) is 1. The molecule has 0 spiro atoms. The van der Waals surface area contributed by atoms with E-state index in [1.54, 1.807) is 0 Å². The molecule has 1 N–H and O–H groups in total. The van der Waals surface area contributed by atoms with Crippen LogP contribution in [-0.2, 0) is 0 Å². The van der Waals surface area contributed by atoms with Crippen LogP contribution in [0.2, 0.25) is 0 Å². The van der Waals surface area contributed by atoms with Crippen molar-refractivity contribution in [2.75, 3.05) is 11.9 Å². The van der Waals surface area contributed by atoms with Crippen LogP contribution in [0.1, 0.15) is 40.0 Å². The van der Waals surface area contributed by atoms with Gasteiger partial charge in [0.1, 0.15) is 5.75 Å². The first-order chi connectivity index (χ1) is 8.69. The Kier molecular flexibility index (Phi) is 4.51. The molecule has 18 heavy (non-hydrogen) atoms. The van der Waals surface area contributed by atoms with Crippen molar-refractivity contribution < 1.29 is 4.74 Å². The number of nitrogens with one attached hydrogen (secondary N) is 1. The van der Waals surface area contributed by atoms with Crippen LogP contribution in [0, 0.1) is 11.8 Å². The Balaban J connectivity index is 1.93. The van der Waals surface area contributed by atoms with Gasteiger partial charge in [-0.1, -0.05) is 26.8 Å². The normalized spacial score (nSPS) is 16.7. The summed E-state index contributed by atoms with van der Waals surface area (Å²) in [6.45, 7) is 7.38. The average Bonchev–Trinajstić information content (AvgIpc) is 3.18. The quantitative estimate of drug-likeness (QED) is 0.774. The summed E-state index contributed by atoms with van der Waals surface area (Å²) in [4.78, 5) is 0. The van der Waals surface area contributed by atoms with Gasteiger partial charge < -0.3 is 10.1 Å². The second-order valence-corrected chi connectivity index (χ2v) is 5.73. The summed E-state index contributed by atoms with van der Waals surface area (Å²) in [7, 11) is 0. The molecule has 0 bridgehead atoms. The first-order valence-corrected chi connectivity index (χ1v) is 7.18. The molecular formula is C16H25NO. The monoisotopic (exact) mass is 247 g/mol. The number of anilines is 1. The van der Waals surface area contributed by atoms with Gasteiger partial charge in [-0.05, 0) is 43.2 Å². The maximum atomic E-state index is 5.76. The molecule has 0 aromatic heterocycles. The molecule has 2 rings (SSSR count). The fourth-order valence-electron chi connectivity index (χ4n) is 2.20. The fraction of sp³-hybridized carbons (Fsp3) is 0.625. The zero-order valence-corrected chi connectivity index (χ0v) is 11.8. The summed E-state index contributed by atoms with van der Waals surface area (Å²) in [6, 6.07) is 8.98. The van der Waals surface area contributed by atoms with Gasteiger partial charge in [0.15, 0.2) is 0 Å². The summed E-state index contributed by atoms with van der Waals surface area (Å²) in [6.07, 6.45) is 3.96. The van der Waals surface area contributed by atoms with Crippen molar-refractivity contribution in [3.8, 4) is 5.75 Å². The second-order valence-electron chi connectivity index (χ2n) is 5.73. The molecule has 2 nitrogen and oxygen atoms in total. The minimum Gasteiger partial charge on any atom is -0.493 e. The van der Waals surface area contributed by atoms with Crippen molar-refractivity contribution in [1.29, 1.82) is 0 Å². The lowest BCUT2D eigenvalue weighted by Crippen LogP contribution is -2.20. The molecule has 1 unspecified atom stereocenters. The molecule has 1 fully saturated rings. The Morgan fingerprint density at radius 3 is 2.72 bits per heavy atom. The molecule has 1 aromatic carbocycles. The number of hydrogen-bond acceptors (Lipinski definition) is 2. The predicted molar refractivity (Wildman–Crippen MR) is 77.2 cm³/mol. The molecule has 2 heteroatoms. The summed E-state index contributed by atoms with van der Waals surface area (Å²) in [5, 5.41) is 3.64. The summed E-state index contributed by atoms with van der Waals surface area (Å²) < 4.78 is 5.76. The van der Waals surface area contributed by atoms with Gasteiger partial charge in [-0.3, -0.25) is 0 Å². The first-order valence-electron chi connectivity index (χ1n) is 7.18. The molecule has 0 radical (unpaired) electrons. The van der Waals surface area contributed by atoms with Gasteiger partial charge in [0.05, 0.1) is 6.61 Å². The Labute approximate surface area is 111 Å². The molecule has 1 atom stereocenters. The molecule has 0 heterocycles. The van der Waals surface area contributed by atoms with Gasteiger partial charge in [0.25, 0.3) is 0 Å². The van der Waals surface area contributed by atoms with Crippen LogP contribution >= 0.6 is 0 Å². The lowest BCUT2D eigenvalue weighted by molar-refractivity contribution is 0.271. The lowest BCUT2D eigenvalue weighted by atomic mass is 10.1. The molecule has 0 saturated heterocycles. The standard InChI is InChI=1S/C16H25NO/c1-4-16(13-8-9-13)17-14-6-5-7-15(10-14)18-11-12(2)3/h5-7,10,12-13,16-17H,4,8-9,11H2,1-3H3. The minimum atomic E-state index is 0.566. The van der Waals surface area contributed by atoms with Crippen LogP contribution in [0.4, 0.5) is 5.69 Å². The molecule has 0 amide bonds. The van der Waals surface area contributed by atoms with Crippen molar-refractivity contribution in [3.63, 3.8) is 0 Å². The second kappa shape index (κ2) is 6.12. The van der Waals surface area contributed by atoms with E-state index in [1.165, 1.54) is 24.9 Å². The highest BCUT2D eigenvalue weighted by molar-refractivity contribution is 5.49. The molecule has 100 valence electrons. The van der Waals surface area contributed by atoms with Gasteiger partial charge in [0, 0.05) is 17.8 Å². The smallest absolute Gasteiger partial charge is 0.121 e. The SMILES string of the molecule is CCC(Nc1cccc(OCC(C)C)c1)C1CC1. The van der Waals surface area contributed by atoms with Crippen molar-refractivity contribution in [2.45, 2.75) is 46.1 Å². The summed E-state index contributed by atoms with van der Waals surface area (Å²) >= 11 is 0. The molecular weight excluding hydrogens is 222 g/mol. The van der Waals surface area contributed by atoms with Crippen molar-refractivity contribution in [2.24, 2.45) is 11.8 Å². The van der Waals surface area contributed by atoms with E-state index in [-0.39, 0.29) is 0 Å². The van der Waals surface area contributed by atoms with Crippen molar-refractivity contribution >= 4 is 5.69 Å². The number of rotatable bonds is 7. The third kappa shape index (κ3) is 3.94. The van der Waals surface area contributed by atoms with Crippen LogP contribution in [0.3, 0.4) is 0 Å². The lowest BCUT2D eigenvalue weighted by Gasteiger charge is -2.18. The molecule has 0 aliphatic heterocycles. The highest BCUT2D eigenvalue weighted by Crippen LogP contribution is 2.35. The van der Waals surface area contributed by atoms with Crippen LogP contribution in [0.5, 0.6) is 5.75 Å².